The third kappa shape index (κ3) is 2.98. The summed E-state index contributed by atoms with van der Waals surface area (Å²) in [5, 5.41) is 0. The average molecular weight is 207 g/mol. The highest BCUT2D eigenvalue weighted by Gasteiger charge is 2.08. The monoisotopic (exact) mass is 207 g/mol. The van der Waals surface area contributed by atoms with Crippen molar-refractivity contribution in [2.24, 2.45) is 0 Å². The van der Waals surface area contributed by atoms with E-state index < -0.39 is 21.8 Å². The highest BCUT2D eigenvalue weighted by atomic mass is 32.2. The molecule has 1 radical (unpaired) electrons. The maximum atomic E-state index is 12.5. The van der Waals surface area contributed by atoms with Crippen molar-refractivity contribution in [3.63, 3.8) is 0 Å². The second-order valence-electron chi connectivity index (χ2n) is 2.28. The van der Waals surface area contributed by atoms with E-state index in [2.05, 4.69) is 10.2 Å². The fraction of sp³-hybridized carbons (Fsp3) is 0.143. The summed E-state index contributed by atoms with van der Waals surface area (Å²) in [5.41, 5.74) is 0. The van der Waals surface area contributed by atoms with Crippen LogP contribution in [0.15, 0.2) is 12.1 Å². The molecule has 6 heteroatoms. The Balaban J connectivity index is 2.99. The minimum absolute atomic E-state index is 0.374. The number of hydrogen-bond acceptors (Lipinski definition) is 3. The summed E-state index contributed by atoms with van der Waals surface area (Å²) in [4.78, 5) is 0. The van der Waals surface area contributed by atoms with Gasteiger partial charge in [0.05, 0.1) is 6.26 Å². The first-order valence-electron chi connectivity index (χ1n) is 3.15. The van der Waals surface area contributed by atoms with Gasteiger partial charge in [0.2, 0.25) is 0 Å². The van der Waals surface area contributed by atoms with Crippen LogP contribution in [0.3, 0.4) is 0 Å². The molecule has 1 rings (SSSR count). The van der Waals surface area contributed by atoms with E-state index in [1.165, 1.54) is 0 Å². The molecule has 0 aliphatic carbocycles. The highest BCUT2D eigenvalue weighted by Crippen LogP contribution is 2.15. The molecular weight excluding hydrogens is 202 g/mol. The lowest BCUT2D eigenvalue weighted by molar-refractivity contribution is 0.476. The zero-order valence-corrected chi connectivity index (χ0v) is 7.36. The van der Waals surface area contributed by atoms with Crippen LogP contribution in [0.4, 0.5) is 8.78 Å². The lowest BCUT2D eigenvalue weighted by Crippen LogP contribution is -2.06. The number of rotatable bonds is 2. The van der Waals surface area contributed by atoms with Crippen LogP contribution in [0.25, 0.3) is 0 Å². The molecule has 0 fully saturated rings. The van der Waals surface area contributed by atoms with Gasteiger partial charge >= 0.3 is 10.1 Å². The van der Waals surface area contributed by atoms with Gasteiger partial charge in [-0.15, -0.1) is 0 Å². The smallest absolute Gasteiger partial charge is 0.306 e. The lowest BCUT2D eigenvalue weighted by Gasteiger charge is -2.01. The van der Waals surface area contributed by atoms with Crippen molar-refractivity contribution in [2.45, 2.75) is 0 Å². The zero-order valence-electron chi connectivity index (χ0n) is 6.54. The van der Waals surface area contributed by atoms with Gasteiger partial charge in [0, 0.05) is 12.1 Å². The summed E-state index contributed by atoms with van der Waals surface area (Å²) in [6, 6.07) is 3.39. The molecule has 0 aliphatic heterocycles. The second-order valence-corrected chi connectivity index (χ2v) is 3.86. The molecule has 0 aromatic heterocycles. The third-order valence-electron chi connectivity index (χ3n) is 1.07. The molecule has 0 bridgehead atoms. The van der Waals surface area contributed by atoms with Gasteiger partial charge in [-0.25, -0.2) is 8.78 Å². The van der Waals surface area contributed by atoms with Crippen molar-refractivity contribution >= 4 is 10.1 Å². The molecule has 71 valence electrons. The van der Waals surface area contributed by atoms with Crippen molar-refractivity contribution < 1.29 is 21.4 Å². The van der Waals surface area contributed by atoms with Crippen LogP contribution in [-0.2, 0) is 10.1 Å². The predicted molar refractivity (Wildman–Crippen MR) is 40.7 cm³/mol. The Hall–Kier alpha value is -1.17. The SMILES string of the molecule is CS(=O)(=O)Oc1[c]cc(F)c(F)c1. The van der Waals surface area contributed by atoms with Gasteiger partial charge in [0.1, 0.15) is 0 Å². The molecule has 0 amide bonds. The Kier molecular flexibility index (Phi) is 2.51. The largest absolute Gasteiger partial charge is 0.382 e. The van der Waals surface area contributed by atoms with Crippen molar-refractivity contribution in [1.82, 2.24) is 0 Å². The molecule has 0 N–H and O–H groups in total. The van der Waals surface area contributed by atoms with Gasteiger partial charge in [-0.1, -0.05) is 0 Å². The minimum atomic E-state index is -3.73. The molecule has 0 saturated carbocycles. The Morgan fingerprint density at radius 2 is 2.00 bits per heavy atom. The molecule has 1 aromatic rings. The summed E-state index contributed by atoms with van der Waals surface area (Å²) < 4.78 is 50.1. The molecule has 0 heterocycles. The van der Waals surface area contributed by atoms with E-state index >= 15 is 0 Å². The molecule has 0 atom stereocenters. The topological polar surface area (TPSA) is 43.4 Å². The fourth-order valence-electron chi connectivity index (χ4n) is 0.640. The Morgan fingerprint density at radius 1 is 1.38 bits per heavy atom. The molecular formula is C7H5F2O3S. The standard InChI is InChI=1S/C7H5F2O3S/c1-13(10,11)12-5-2-3-6(8)7(9)4-5/h3-4H,1H3. The quantitative estimate of drug-likeness (QED) is 0.682. The summed E-state index contributed by atoms with van der Waals surface area (Å²) in [5.74, 6) is -2.67. The highest BCUT2D eigenvalue weighted by molar-refractivity contribution is 7.86. The number of benzene rings is 1. The minimum Gasteiger partial charge on any atom is -0.382 e. The van der Waals surface area contributed by atoms with Crippen LogP contribution >= 0.6 is 0 Å². The summed E-state index contributed by atoms with van der Waals surface area (Å²) >= 11 is 0. The maximum Gasteiger partial charge on any atom is 0.306 e. The Bertz CT molecular complexity index is 414. The van der Waals surface area contributed by atoms with Crippen LogP contribution in [0.1, 0.15) is 0 Å². The first kappa shape index (κ1) is 9.91. The maximum absolute atomic E-state index is 12.5. The molecule has 0 aliphatic rings. The van der Waals surface area contributed by atoms with Crippen molar-refractivity contribution in [2.75, 3.05) is 6.26 Å². The molecule has 3 nitrogen and oxygen atoms in total. The predicted octanol–water partition coefficient (Wildman–Crippen LogP) is 1.10. The Labute approximate surface area is 74.1 Å². The van der Waals surface area contributed by atoms with Crippen LogP contribution in [0.5, 0.6) is 5.75 Å². The first-order chi connectivity index (χ1) is 5.88. The van der Waals surface area contributed by atoms with Crippen LogP contribution < -0.4 is 4.18 Å². The van der Waals surface area contributed by atoms with Gasteiger partial charge in [-0.05, 0) is 6.07 Å². The summed E-state index contributed by atoms with van der Waals surface area (Å²) in [6.07, 6.45) is 0.794. The van der Waals surface area contributed by atoms with Gasteiger partial charge < -0.3 is 4.18 Å². The van der Waals surface area contributed by atoms with E-state index in [1.54, 1.807) is 0 Å². The van der Waals surface area contributed by atoms with Crippen molar-refractivity contribution in [1.29, 1.82) is 0 Å². The number of hydrogen-bond donors (Lipinski definition) is 0. The van der Waals surface area contributed by atoms with Crippen LogP contribution in [0, 0.1) is 17.7 Å². The average Bonchev–Trinajstić information content (AvgIpc) is 1.94. The van der Waals surface area contributed by atoms with Gasteiger partial charge in [0.25, 0.3) is 0 Å². The van der Waals surface area contributed by atoms with Gasteiger partial charge in [-0.2, -0.15) is 8.42 Å². The second kappa shape index (κ2) is 3.29. The van der Waals surface area contributed by atoms with E-state index in [9.17, 15) is 17.2 Å². The molecule has 0 saturated heterocycles. The van der Waals surface area contributed by atoms with E-state index in [0.717, 1.165) is 6.26 Å². The first-order valence-corrected chi connectivity index (χ1v) is 4.96. The molecule has 1 aromatic carbocycles. The zero-order chi connectivity index (χ0) is 10.1. The normalized spacial score (nSPS) is 11.3. The molecule has 13 heavy (non-hydrogen) atoms. The van der Waals surface area contributed by atoms with Gasteiger partial charge in [-0.3, -0.25) is 0 Å². The molecule has 0 unspecified atom stereocenters. The number of halogens is 2. The lowest BCUT2D eigenvalue weighted by atomic mass is 10.3. The van der Waals surface area contributed by atoms with Crippen molar-refractivity contribution in [3.05, 3.63) is 29.8 Å². The fourth-order valence-corrected chi connectivity index (χ4v) is 1.06. The van der Waals surface area contributed by atoms with E-state index in [1.807, 2.05) is 0 Å². The third-order valence-corrected chi connectivity index (χ3v) is 1.55. The summed E-state index contributed by atoms with van der Waals surface area (Å²) in [6.45, 7) is 0. The molecule has 0 spiro atoms. The van der Waals surface area contributed by atoms with E-state index in [4.69, 9.17) is 0 Å². The van der Waals surface area contributed by atoms with E-state index in [-0.39, 0.29) is 5.75 Å². The Morgan fingerprint density at radius 3 is 2.46 bits per heavy atom. The van der Waals surface area contributed by atoms with Gasteiger partial charge in [0.15, 0.2) is 17.4 Å². The van der Waals surface area contributed by atoms with Crippen LogP contribution in [0.2, 0.25) is 0 Å². The van der Waals surface area contributed by atoms with Crippen molar-refractivity contribution in [3.8, 4) is 5.75 Å². The summed E-state index contributed by atoms with van der Waals surface area (Å²) in [7, 11) is -3.73. The van der Waals surface area contributed by atoms with E-state index in [0.29, 0.717) is 12.1 Å². The van der Waals surface area contributed by atoms with Crippen LogP contribution in [-0.4, -0.2) is 14.7 Å².